The number of fused-ring (bicyclic) bond motifs is 1. The minimum atomic E-state index is 0.475. The summed E-state index contributed by atoms with van der Waals surface area (Å²) in [5, 5.41) is 6.33. The topological polar surface area (TPSA) is 20.2 Å². The van der Waals surface area contributed by atoms with Crippen molar-refractivity contribution in [2.45, 2.75) is 64.6 Å². The first kappa shape index (κ1) is 21.2. The van der Waals surface area contributed by atoms with E-state index >= 15 is 0 Å². The second kappa shape index (κ2) is 9.84. The van der Waals surface area contributed by atoms with Crippen LogP contribution in [0.25, 0.3) is 10.9 Å². The quantitative estimate of drug-likeness (QED) is 0.334. The lowest BCUT2D eigenvalue weighted by Crippen LogP contribution is -2.42. The number of para-hydroxylation sites is 1. The van der Waals surface area contributed by atoms with Crippen molar-refractivity contribution in [2.75, 3.05) is 5.32 Å². The lowest BCUT2D eigenvalue weighted by atomic mass is 10.1. The van der Waals surface area contributed by atoms with Gasteiger partial charge in [0, 0.05) is 46.9 Å². The van der Waals surface area contributed by atoms with Gasteiger partial charge in [0.2, 0.25) is 0 Å². The second-order valence-corrected chi connectivity index (χ2v) is 8.99. The molecule has 0 amide bonds. The third-order valence-corrected chi connectivity index (χ3v) is 6.76. The number of aromatic nitrogens is 1. The molecule has 1 heterocycles. The van der Waals surface area contributed by atoms with Crippen LogP contribution in [0.3, 0.4) is 0 Å². The van der Waals surface area contributed by atoms with Crippen molar-refractivity contribution in [1.29, 1.82) is 0 Å². The van der Waals surface area contributed by atoms with E-state index in [-0.39, 0.29) is 0 Å². The van der Waals surface area contributed by atoms with Crippen LogP contribution in [0.2, 0.25) is 5.02 Å². The molecule has 3 aromatic rings. The Bertz CT molecular complexity index is 987. The molecule has 1 saturated carbocycles. The van der Waals surface area contributed by atoms with Gasteiger partial charge in [-0.15, -0.1) is 0 Å². The second-order valence-electron chi connectivity index (χ2n) is 8.17. The van der Waals surface area contributed by atoms with Gasteiger partial charge in [0.1, 0.15) is 0 Å². The van der Waals surface area contributed by atoms with Crippen molar-refractivity contribution in [3.63, 3.8) is 0 Å². The third-order valence-electron chi connectivity index (χ3n) is 6.17. The summed E-state index contributed by atoms with van der Waals surface area (Å²) < 4.78 is 2.34. The zero-order chi connectivity index (χ0) is 20.9. The van der Waals surface area contributed by atoms with Gasteiger partial charge in [0.15, 0.2) is 5.11 Å². The fraction of sp³-hybridized carbons (Fsp3) is 0.400. The van der Waals surface area contributed by atoms with E-state index in [0.717, 1.165) is 28.9 Å². The zero-order valence-corrected chi connectivity index (χ0v) is 19.2. The molecular weight excluding hydrogens is 410 g/mol. The van der Waals surface area contributed by atoms with Gasteiger partial charge < -0.3 is 14.8 Å². The number of benzene rings is 2. The third kappa shape index (κ3) is 4.81. The van der Waals surface area contributed by atoms with Crippen LogP contribution in [0.4, 0.5) is 5.69 Å². The fourth-order valence-corrected chi connectivity index (χ4v) is 5.02. The molecule has 2 aromatic carbocycles. The van der Waals surface area contributed by atoms with Crippen LogP contribution in [0.5, 0.6) is 0 Å². The minimum absolute atomic E-state index is 0.475. The van der Waals surface area contributed by atoms with E-state index in [9.17, 15) is 0 Å². The van der Waals surface area contributed by atoms with Crippen molar-refractivity contribution in [2.24, 2.45) is 0 Å². The lowest BCUT2D eigenvalue weighted by Gasteiger charge is -2.33. The number of aryl methyl sites for hydroxylation is 1. The number of halogens is 1. The van der Waals surface area contributed by atoms with E-state index in [2.05, 4.69) is 52.2 Å². The molecule has 0 atom stereocenters. The molecule has 0 bridgehead atoms. The lowest BCUT2D eigenvalue weighted by molar-refractivity contribution is 0.281. The first-order chi connectivity index (χ1) is 14.7. The summed E-state index contributed by atoms with van der Waals surface area (Å²) in [6.45, 7) is 4.00. The zero-order valence-electron chi connectivity index (χ0n) is 17.6. The van der Waals surface area contributed by atoms with E-state index in [1.54, 1.807) is 0 Å². The van der Waals surface area contributed by atoms with Crippen LogP contribution in [0, 0.1) is 0 Å². The van der Waals surface area contributed by atoms with Crippen molar-refractivity contribution in [3.8, 4) is 0 Å². The standard InChI is InChI=1S/C25H30ClN3S/c1-2-28-17-19(23-11-7-8-12-24(23)28)18-29(22-9-5-3-4-6-10-22)25(30)27-21-15-13-20(26)14-16-21/h7-8,11-17,22H,2-6,9-10,18H2,1H3,(H,27,30). The Labute approximate surface area is 190 Å². The average molecular weight is 440 g/mol. The summed E-state index contributed by atoms with van der Waals surface area (Å²) in [5.74, 6) is 0. The van der Waals surface area contributed by atoms with E-state index < -0.39 is 0 Å². The maximum absolute atomic E-state index is 6.06. The summed E-state index contributed by atoms with van der Waals surface area (Å²) in [7, 11) is 0. The number of hydrogen-bond acceptors (Lipinski definition) is 1. The first-order valence-electron chi connectivity index (χ1n) is 11.1. The van der Waals surface area contributed by atoms with E-state index in [4.69, 9.17) is 23.8 Å². The predicted molar refractivity (Wildman–Crippen MR) is 132 cm³/mol. The number of thiocarbonyl (C=S) groups is 1. The maximum Gasteiger partial charge on any atom is 0.173 e. The molecule has 1 aliphatic carbocycles. The summed E-state index contributed by atoms with van der Waals surface area (Å²) in [6, 6.07) is 16.9. The highest BCUT2D eigenvalue weighted by molar-refractivity contribution is 7.80. The molecule has 30 heavy (non-hydrogen) atoms. The number of rotatable bonds is 5. The van der Waals surface area contributed by atoms with E-state index in [1.807, 2.05) is 24.3 Å². The molecular formula is C25H30ClN3S. The fourth-order valence-electron chi connectivity index (χ4n) is 4.56. The van der Waals surface area contributed by atoms with Gasteiger partial charge in [0.25, 0.3) is 0 Å². The Balaban J connectivity index is 1.63. The summed E-state index contributed by atoms with van der Waals surface area (Å²) in [4.78, 5) is 2.43. The molecule has 0 saturated heterocycles. The number of nitrogens with zero attached hydrogens (tertiary/aromatic N) is 2. The highest BCUT2D eigenvalue weighted by atomic mass is 35.5. The van der Waals surface area contributed by atoms with Gasteiger partial charge in [-0.1, -0.05) is 55.5 Å². The Morgan fingerprint density at radius 3 is 2.47 bits per heavy atom. The number of hydrogen-bond donors (Lipinski definition) is 1. The molecule has 3 nitrogen and oxygen atoms in total. The molecule has 0 radical (unpaired) electrons. The maximum atomic E-state index is 6.06. The number of anilines is 1. The molecule has 1 aromatic heterocycles. The number of nitrogens with one attached hydrogen (secondary N) is 1. The predicted octanol–water partition coefficient (Wildman–Crippen LogP) is 7.24. The summed E-state index contributed by atoms with van der Waals surface area (Å²) in [5.41, 5.74) is 3.63. The van der Waals surface area contributed by atoms with Gasteiger partial charge in [-0.3, -0.25) is 0 Å². The van der Waals surface area contributed by atoms with Gasteiger partial charge >= 0.3 is 0 Å². The normalized spacial score (nSPS) is 15.1. The summed E-state index contributed by atoms with van der Waals surface area (Å²) in [6.07, 6.45) is 9.93. The van der Waals surface area contributed by atoms with Gasteiger partial charge in [-0.2, -0.15) is 0 Å². The molecule has 1 fully saturated rings. The molecule has 5 heteroatoms. The van der Waals surface area contributed by atoms with Crippen molar-refractivity contribution in [3.05, 3.63) is 65.3 Å². The molecule has 1 N–H and O–H groups in total. The van der Waals surface area contributed by atoms with Gasteiger partial charge in [0.05, 0.1) is 0 Å². The van der Waals surface area contributed by atoms with Crippen LogP contribution in [-0.4, -0.2) is 20.6 Å². The SMILES string of the molecule is CCn1cc(CN(C(=S)Nc2ccc(Cl)cc2)C2CCCCCC2)c2ccccc21. The van der Waals surface area contributed by atoms with Gasteiger partial charge in [-0.25, -0.2) is 0 Å². The molecule has 1 aliphatic rings. The highest BCUT2D eigenvalue weighted by Gasteiger charge is 2.24. The van der Waals surface area contributed by atoms with Crippen LogP contribution < -0.4 is 5.32 Å². The molecule has 0 aliphatic heterocycles. The van der Waals surface area contributed by atoms with Crippen LogP contribution in [0.15, 0.2) is 54.7 Å². The van der Waals surface area contributed by atoms with Crippen LogP contribution >= 0.6 is 23.8 Å². The molecule has 0 unspecified atom stereocenters. The first-order valence-corrected chi connectivity index (χ1v) is 11.8. The Morgan fingerprint density at radius 1 is 1.07 bits per heavy atom. The Kier molecular flexibility index (Phi) is 6.96. The van der Waals surface area contributed by atoms with Crippen molar-refractivity contribution >= 4 is 45.5 Å². The minimum Gasteiger partial charge on any atom is -0.347 e. The molecule has 4 rings (SSSR count). The molecule has 158 valence electrons. The summed E-state index contributed by atoms with van der Waals surface area (Å²) >= 11 is 12.0. The Hall–Kier alpha value is -2.04. The van der Waals surface area contributed by atoms with E-state index in [0.29, 0.717) is 6.04 Å². The Morgan fingerprint density at radius 2 is 1.77 bits per heavy atom. The molecule has 0 spiro atoms. The van der Waals surface area contributed by atoms with Crippen molar-refractivity contribution < 1.29 is 0 Å². The van der Waals surface area contributed by atoms with E-state index in [1.165, 1.54) is 55.0 Å². The smallest absolute Gasteiger partial charge is 0.173 e. The monoisotopic (exact) mass is 439 g/mol. The van der Waals surface area contributed by atoms with Gasteiger partial charge in [-0.05, 0) is 67.9 Å². The van der Waals surface area contributed by atoms with Crippen LogP contribution in [-0.2, 0) is 13.1 Å². The van der Waals surface area contributed by atoms with Crippen LogP contribution in [0.1, 0.15) is 51.0 Å². The van der Waals surface area contributed by atoms with Crippen molar-refractivity contribution in [1.82, 2.24) is 9.47 Å². The average Bonchev–Trinajstić information content (AvgIpc) is 2.91. The highest BCUT2D eigenvalue weighted by Crippen LogP contribution is 2.28. The largest absolute Gasteiger partial charge is 0.347 e.